The van der Waals surface area contributed by atoms with Gasteiger partial charge >= 0.3 is 0 Å². The largest absolute Gasteiger partial charge is 0.508 e. The Hall–Kier alpha value is -6.79. The fourth-order valence-corrected chi connectivity index (χ4v) is 8.29. The van der Waals surface area contributed by atoms with Crippen LogP contribution in [0.3, 0.4) is 0 Å². The predicted molar refractivity (Wildman–Crippen MR) is 230 cm³/mol. The van der Waals surface area contributed by atoms with E-state index in [2.05, 4.69) is 31.6 Å². The van der Waals surface area contributed by atoms with Gasteiger partial charge in [0.1, 0.15) is 53.2 Å². The van der Waals surface area contributed by atoms with Crippen LogP contribution < -0.4 is 32.3 Å². The van der Waals surface area contributed by atoms with Gasteiger partial charge in [-0.2, -0.15) is 11.8 Å². The summed E-state index contributed by atoms with van der Waals surface area (Å²) in [7, 11) is 0. The second-order valence-electron chi connectivity index (χ2n) is 14.5. The van der Waals surface area contributed by atoms with Gasteiger partial charge in [-0.15, -0.1) is 11.3 Å². The molecular formula is C43H45N7O9S2. The number of amides is 5. The lowest BCUT2D eigenvalue weighted by Gasteiger charge is -2.27. The predicted octanol–water partition coefficient (Wildman–Crippen LogP) is 2.39. The van der Waals surface area contributed by atoms with E-state index in [1.807, 2.05) is 0 Å². The Morgan fingerprint density at radius 1 is 0.541 bits per heavy atom. The molecule has 2 bridgehead atoms. The highest BCUT2D eigenvalue weighted by Gasteiger charge is 2.33. The Labute approximate surface area is 359 Å². The molecule has 16 nitrogen and oxygen atoms in total. The van der Waals surface area contributed by atoms with Gasteiger partial charge in [-0.3, -0.25) is 24.0 Å². The van der Waals surface area contributed by atoms with Gasteiger partial charge in [0.05, 0.1) is 5.69 Å². The van der Waals surface area contributed by atoms with Crippen molar-refractivity contribution in [2.75, 3.05) is 11.1 Å². The molecule has 2 heterocycles. The van der Waals surface area contributed by atoms with Crippen molar-refractivity contribution < 1.29 is 44.4 Å². The second-order valence-corrected chi connectivity index (χ2v) is 16.4. The average molecular weight is 868 g/mol. The van der Waals surface area contributed by atoms with Crippen LogP contribution in [0.25, 0.3) is 0 Å². The van der Waals surface area contributed by atoms with Crippen molar-refractivity contribution in [3.63, 3.8) is 0 Å². The quantitative estimate of drug-likeness (QED) is 0.102. The minimum Gasteiger partial charge on any atom is -0.508 e. The lowest BCUT2D eigenvalue weighted by atomic mass is 10.00. The summed E-state index contributed by atoms with van der Waals surface area (Å²) in [6.45, 7) is 0. The van der Waals surface area contributed by atoms with E-state index in [9.17, 15) is 44.4 Å². The number of aromatic hydroxyl groups is 4. The van der Waals surface area contributed by atoms with E-state index in [0.29, 0.717) is 38.8 Å². The third kappa shape index (κ3) is 12.8. The van der Waals surface area contributed by atoms with Gasteiger partial charge in [-0.05, 0) is 70.8 Å². The third-order valence-electron chi connectivity index (χ3n) is 9.76. The molecule has 0 radical (unpaired) electrons. The maximum atomic E-state index is 14.5. The highest BCUT2D eigenvalue weighted by atomic mass is 32.2. The molecule has 0 saturated heterocycles. The van der Waals surface area contributed by atoms with Crippen LogP contribution in [-0.4, -0.2) is 90.9 Å². The van der Waals surface area contributed by atoms with Gasteiger partial charge in [0.15, 0.2) is 5.13 Å². The number of anilines is 1. The second kappa shape index (κ2) is 20.5. The summed E-state index contributed by atoms with van der Waals surface area (Å²) < 4.78 is 0. The molecule has 5 amide bonds. The lowest BCUT2D eigenvalue weighted by molar-refractivity contribution is -0.134. The minimum atomic E-state index is -1.35. The first-order valence-corrected chi connectivity index (χ1v) is 21.2. The normalized spacial score (nSPS) is 20.6. The molecule has 5 atom stereocenters. The maximum absolute atomic E-state index is 14.5. The first-order chi connectivity index (χ1) is 29.3. The van der Waals surface area contributed by atoms with Crippen molar-refractivity contribution in [2.45, 2.75) is 61.6 Å². The Morgan fingerprint density at radius 2 is 0.869 bits per heavy atom. The molecule has 0 spiro atoms. The van der Waals surface area contributed by atoms with Crippen molar-refractivity contribution in [3.05, 3.63) is 130 Å². The van der Waals surface area contributed by atoms with E-state index in [1.54, 1.807) is 53.9 Å². The number of phenolic OH excluding ortho intramolecular Hbond substituents is 4. The van der Waals surface area contributed by atoms with Crippen LogP contribution in [0.2, 0.25) is 0 Å². The Morgan fingerprint density at radius 3 is 1.21 bits per heavy atom. The van der Waals surface area contributed by atoms with Gasteiger partial charge in [0, 0.05) is 42.6 Å². The molecule has 0 aliphatic carbocycles. The summed E-state index contributed by atoms with van der Waals surface area (Å²) in [6.07, 6.45) is -0.121. The van der Waals surface area contributed by atoms with Gasteiger partial charge in [0.25, 0.3) is 0 Å². The van der Waals surface area contributed by atoms with Crippen LogP contribution in [0.4, 0.5) is 5.13 Å². The minimum absolute atomic E-state index is 0.00787. The lowest BCUT2D eigenvalue weighted by Crippen LogP contribution is -2.60. The molecule has 318 valence electrons. The van der Waals surface area contributed by atoms with E-state index in [0.717, 1.165) is 0 Å². The number of nitrogens with two attached hydrogens (primary N) is 1. The SMILES string of the molecule is NC(=O)[C@@H]1CSCc2csc(n2)N[C@@H](Cc2ccc(O)cc2)C(=O)N[C@@H](Cc2ccc(O)cc2)C(=O)N[C@@H](Cc2ccc(O)cc2)C(=O)N[C@@H](Cc2ccc(O)cc2)C(=O)N1. The highest BCUT2D eigenvalue weighted by molar-refractivity contribution is 7.98. The van der Waals surface area contributed by atoms with Crippen molar-refractivity contribution in [2.24, 2.45) is 5.73 Å². The number of nitrogens with zero attached hydrogens (tertiary/aromatic N) is 1. The van der Waals surface area contributed by atoms with Gasteiger partial charge in [0.2, 0.25) is 29.5 Å². The number of hydrogen-bond donors (Lipinski definition) is 10. The smallest absolute Gasteiger partial charge is 0.243 e. The van der Waals surface area contributed by atoms with Crippen molar-refractivity contribution in [1.29, 1.82) is 0 Å². The zero-order valence-electron chi connectivity index (χ0n) is 32.6. The summed E-state index contributed by atoms with van der Waals surface area (Å²) in [4.78, 5) is 74.5. The van der Waals surface area contributed by atoms with Crippen LogP contribution in [-0.2, 0) is 55.4 Å². The van der Waals surface area contributed by atoms with E-state index in [4.69, 9.17) is 5.73 Å². The van der Waals surface area contributed by atoms with Crippen LogP contribution in [0, 0.1) is 0 Å². The van der Waals surface area contributed by atoms with Crippen LogP contribution in [0.15, 0.2) is 102 Å². The number of benzene rings is 4. The third-order valence-corrected chi connectivity index (χ3v) is 11.7. The van der Waals surface area contributed by atoms with E-state index in [1.165, 1.54) is 71.6 Å². The Bertz CT molecular complexity index is 2310. The molecular weight excluding hydrogens is 823 g/mol. The number of fused-ring (bicyclic) bond motifs is 2. The summed E-state index contributed by atoms with van der Waals surface area (Å²) >= 11 is 2.53. The topological polar surface area (TPSA) is 265 Å². The number of carbonyl (C=O) groups is 5. The maximum Gasteiger partial charge on any atom is 0.243 e. The molecule has 1 aliphatic rings. The first kappa shape index (κ1) is 43.8. The standard InChI is InChI=1S/C43H45N7O9S2/c44-38(55)37-23-60-21-28-22-61-43(45-28)50-36(20-27-7-15-32(54)16-8-27)42(59)48-34(18-25-3-11-30(52)12-4-25)40(57)46-33(17-24-1-9-29(51)10-2-24)39(56)47-35(41(58)49-37)19-26-5-13-31(53)14-6-26/h1-16,22,33-37,51-54H,17-21,23H2,(H2,44,55)(H,45,50)(H,46,57)(H,47,56)(H,48,59)(H,49,58)/t33-,34-,35-,36-,37-/m0/s1. The molecule has 0 fully saturated rings. The molecule has 61 heavy (non-hydrogen) atoms. The molecule has 0 unspecified atom stereocenters. The molecule has 11 N–H and O–H groups in total. The zero-order chi connectivity index (χ0) is 43.5. The zero-order valence-corrected chi connectivity index (χ0v) is 34.2. The van der Waals surface area contributed by atoms with Gasteiger partial charge in [-0.25, -0.2) is 4.98 Å². The number of aromatic nitrogens is 1. The Kier molecular flexibility index (Phi) is 14.7. The molecule has 4 aromatic carbocycles. The summed E-state index contributed by atoms with van der Waals surface area (Å²) in [6, 6.07) is 18.3. The fraction of sp³-hybridized carbons (Fsp3) is 0.256. The molecule has 6 rings (SSSR count). The highest BCUT2D eigenvalue weighted by Crippen LogP contribution is 2.23. The molecule has 18 heteroatoms. The number of phenols is 4. The number of carbonyl (C=O) groups excluding carboxylic acids is 5. The van der Waals surface area contributed by atoms with Gasteiger partial charge < -0.3 is 52.7 Å². The first-order valence-electron chi connectivity index (χ1n) is 19.2. The number of thioether (sulfide) groups is 1. The summed E-state index contributed by atoms with van der Waals surface area (Å²) in [5.41, 5.74) is 8.73. The van der Waals surface area contributed by atoms with E-state index >= 15 is 0 Å². The monoisotopic (exact) mass is 867 g/mol. The number of rotatable bonds is 9. The van der Waals surface area contributed by atoms with Gasteiger partial charge in [-0.1, -0.05) is 48.5 Å². The van der Waals surface area contributed by atoms with Crippen molar-refractivity contribution in [1.82, 2.24) is 26.3 Å². The number of primary amides is 1. The molecule has 5 aromatic rings. The number of thiazole rings is 1. The molecule has 1 aliphatic heterocycles. The average Bonchev–Trinajstić information content (AvgIpc) is 3.68. The van der Waals surface area contributed by atoms with Crippen molar-refractivity contribution in [3.8, 4) is 23.0 Å². The fourth-order valence-electron chi connectivity index (χ4n) is 6.46. The summed E-state index contributed by atoms with van der Waals surface area (Å²) in [5, 5.41) is 56.1. The summed E-state index contributed by atoms with van der Waals surface area (Å²) in [5.74, 6) is -3.27. The van der Waals surface area contributed by atoms with E-state index < -0.39 is 59.7 Å². The van der Waals surface area contributed by atoms with Crippen LogP contribution in [0.5, 0.6) is 23.0 Å². The van der Waals surface area contributed by atoms with E-state index in [-0.39, 0.29) is 54.4 Å². The van der Waals surface area contributed by atoms with Crippen molar-refractivity contribution >= 4 is 57.8 Å². The number of hydrogen-bond acceptors (Lipinski definition) is 13. The number of nitrogens with one attached hydrogen (secondary N) is 5. The Balaban J connectivity index is 1.39. The van der Waals surface area contributed by atoms with Crippen LogP contribution in [0.1, 0.15) is 27.9 Å². The van der Waals surface area contributed by atoms with Crippen LogP contribution >= 0.6 is 23.1 Å². The molecule has 1 aromatic heterocycles. The molecule has 0 saturated carbocycles.